The van der Waals surface area contributed by atoms with Gasteiger partial charge in [-0.15, -0.1) is 0 Å². The summed E-state index contributed by atoms with van der Waals surface area (Å²) in [5, 5.41) is 6.52. The first kappa shape index (κ1) is 17.9. The lowest BCUT2D eigenvalue weighted by molar-refractivity contribution is 0.144. The number of carbonyl (C=O) groups is 1. The van der Waals surface area contributed by atoms with Gasteiger partial charge in [0.2, 0.25) is 0 Å². The number of ether oxygens (including phenoxy) is 1. The molecule has 5 nitrogen and oxygen atoms in total. The lowest BCUT2D eigenvalue weighted by Gasteiger charge is -2.14. The highest BCUT2D eigenvalue weighted by Crippen LogP contribution is 2.44. The third kappa shape index (κ3) is 3.37. The molecule has 28 heavy (non-hydrogen) atoms. The first-order valence-corrected chi connectivity index (χ1v) is 9.15. The van der Waals surface area contributed by atoms with E-state index in [9.17, 15) is 4.79 Å². The Balaban J connectivity index is 1.37. The maximum absolute atomic E-state index is 12.1. The van der Waals surface area contributed by atoms with Crippen LogP contribution in [0.15, 0.2) is 53.1 Å². The third-order valence-electron chi connectivity index (χ3n) is 4.91. The number of benzene rings is 2. The minimum atomic E-state index is -0.477. The first-order valence-electron chi connectivity index (χ1n) is 9.15. The second-order valence-corrected chi connectivity index (χ2v) is 6.68. The number of amides is 1. The van der Waals surface area contributed by atoms with Gasteiger partial charge in [0, 0.05) is 5.92 Å². The van der Waals surface area contributed by atoms with Gasteiger partial charge in [0.15, 0.2) is 0 Å². The molecular formula is C23H20N2O3. The van der Waals surface area contributed by atoms with Gasteiger partial charge in [0.25, 0.3) is 0 Å². The van der Waals surface area contributed by atoms with Gasteiger partial charge in [-0.25, -0.2) is 4.79 Å². The minimum Gasteiger partial charge on any atom is -0.449 e. The van der Waals surface area contributed by atoms with Crippen molar-refractivity contribution in [1.29, 1.82) is 0 Å². The van der Waals surface area contributed by atoms with E-state index in [1.165, 1.54) is 22.3 Å². The van der Waals surface area contributed by atoms with E-state index < -0.39 is 6.09 Å². The molecule has 140 valence electrons. The van der Waals surface area contributed by atoms with E-state index in [2.05, 4.69) is 46.6 Å². The SMILES string of the molecule is Cc1noc(C)c1C#CCNC(=O)OCC1c2ccccc2-c2ccccc21. The predicted molar refractivity (Wildman–Crippen MR) is 106 cm³/mol. The third-order valence-corrected chi connectivity index (χ3v) is 4.91. The Bertz CT molecular complexity index is 1020. The number of aryl methyl sites for hydroxylation is 2. The van der Waals surface area contributed by atoms with Crippen LogP contribution in [0.1, 0.15) is 34.1 Å². The average Bonchev–Trinajstić information content (AvgIpc) is 3.21. The lowest BCUT2D eigenvalue weighted by atomic mass is 9.98. The van der Waals surface area contributed by atoms with Crippen LogP contribution >= 0.6 is 0 Å². The molecule has 0 bridgehead atoms. The molecule has 0 fully saturated rings. The smallest absolute Gasteiger partial charge is 0.407 e. The van der Waals surface area contributed by atoms with Gasteiger partial charge in [-0.1, -0.05) is 65.5 Å². The van der Waals surface area contributed by atoms with Crippen molar-refractivity contribution in [2.45, 2.75) is 19.8 Å². The van der Waals surface area contributed by atoms with E-state index in [0.29, 0.717) is 5.76 Å². The summed E-state index contributed by atoms with van der Waals surface area (Å²) >= 11 is 0. The van der Waals surface area contributed by atoms with Gasteiger partial charge in [-0.05, 0) is 36.1 Å². The molecule has 0 spiro atoms. The molecule has 3 aromatic rings. The Morgan fingerprint density at radius 1 is 1.11 bits per heavy atom. The molecule has 1 aromatic heterocycles. The standard InChI is InChI=1S/C23H20N2O3/c1-15-17(16(2)28-25-15)12-7-13-24-23(26)27-14-22-20-10-5-3-8-18(20)19-9-4-6-11-21(19)22/h3-6,8-11,22H,13-14H2,1-2H3,(H,24,26). The van der Waals surface area contributed by atoms with Crippen LogP contribution in [-0.2, 0) is 4.74 Å². The van der Waals surface area contributed by atoms with Crippen molar-refractivity contribution in [1.82, 2.24) is 10.5 Å². The molecule has 0 atom stereocenters. The second kappa shape index (κ2) is 7.61. The zero-order chi connectivity index (χ0) is 19.5. The van der Waals surface area contributed by atoms with Gasteiger partial charge in [0.1, 0.15) is 12.4 Å². The topological polar surface area (TPSA) is 64.4 Å². The van der Waals surface area contributed by atoms with Crippen molar-refractivity contribution >= 4 is 6.09 Å². The number of fused-ring (bicyclic) bond motifs is 3. The van der Waals surface area contributed by atoms with Gasteiger partial charge >= 0.3 is 6.09 Å². The minimum absolute atomic E-state index is 0.0477. The summed E-state index contributed by atoms with van der Waals surface area (Å²) in [6, 6.07) is 16.5. The fourth-order valence-electron chi connectivity index (χ4n) is 3.56. The summed E-state index contributed by atoms with van der Waals surface area (Å²) in [6.07, 6.45) is -0.477. The van der Waals surface area contributed by atoms with Crippen LogP contribution in [0.25, 0.3) is 11.1 Å². The van der Waals surface area contributed by atoms with Crippen LogP contribution in [0.2, 0.25) is 0 Å². The van der Waals surface area contributed by atoms with Crippen molar-refractivity contribution < 1.29 is 14.1 Å². The van der Waals surface area contributed by atoms with Crippen LogP contribution in [-0.4, -0.2) is 24.4 Å². The highest BCUT2D eigenvalue weighted by atomic mass is 16.5. The van der Waals surface area contributed by atoms with Crippen LogP contribution in [0.5, 0.6) is 0 Å². The van der Waals surface area contributed by atoms with Crippen molar-refractivity contribution in [3.8, 4) is 23.0 Å². The second-order valence-electron chi connectivity index (χ2n) is 6.68. The van der Waals surface area contributed by atoms with Crippen LogP contribution in [0.3, 0.4) is 0 Å². The number of nitrogens with one attached hydrogen (secondary N) is 1. The lowest BCUT2D eigenvalue weighted by Crippen LogP contribution is -2.26. The number of hydrogen-bond acceptors (Lipinski definition) is 4. The number of nitrogens with zero attached hydrogens (tertiary/aromatic N) is 1. The molecule has 2 aromatic carbocycles. The van der Waals surface area contributed by atoms with Crippen molar-refractivity contribution in [3.63, 3.8) is 0 Å². The zero-order valence-corrected chi connectivity index (χ0v) is 15.8. The Kier molecular flexibility index (Phi) is 4.86. The largest absolute Gasteiger partial charge is 0.449 e. The monoisotopic (exact) mass is 372 g/mol. The van der Waals surface area contributed by atoms with E-state index >= 15 is 0 Å². The van der Waals surface area contributed by atoms with Crippen LogP contribution in [0.4, 0.5) is 4.79 Å². The average molecular weight is 372 g/mol. The molecule has 1 amide bonds. The fraction of sp³-hybridized carbons (Fsp3) is 0.217. The molecule has 0 unspecified atom stereocenters. The molecule has 4 rings (SSSR count). The summed E-state index contributed by atoms with van der Waals surface area (Å²) in [7, 11) is 0. The molecule has 0 saturated heterocycles. The van der Waals surface area contributed by atoms with Gasteiger partial charge in [-0.3, -0.25) is 0 Å². The van der Waals surface area contributed by atoms with Crippen LogP contribution < -0.4 is 5.32 Å². The Morgan fingerprint density at radius 3 is 2.36 bits per heavy atom. The predicted octanol–water partition coefficient (Wildman–Crippen LogP) is 4.18. The van der Waals surface area contributed by atoms with E-state index in [0.717, 1.165) is 11.3 Å². The molecule has 1 aliphatic carbocycles. The zero-order valence-electron chi connectivity index (χ0n) is 15.8. The number of hydrogen-bond donors (Lipinski definition) is 1. The maximum atomic E-state index is 12.1. The fourth-order valence-corrected chi connectivity index (χ4v) is 3.56. The summed E-state index contributed by atoms with van der Waals surface area (Å²) in [6.45, 7) is 4.13. The molecule has 0 saturated carbocycles. The number of rotatable bonds is 3. The van der Waals surface area contributed by atoms with Crippen molar-refractivity contribution in [2.24, 2.45) is 0 Å². The summed E-state index contributed by atoms with van der Waals surface area (Å²) in [5.41, 5.74) is 6.29. The highest BCUT2D eigenvalue weighted by molar-refractivity contribution is 5.79. The van der Waals surface area contributed by atoms with E-state index in [-0.39, 0.29) is 19.1 Å². The number of alkyl carbamates (subject to hydrolysis) is 1. The maximum Gasteiger partial charge on any atom is 0.407 e. The van der Waals surface area contributed by atoms with Crippen LogP contribution in [0, 0.1) is 25.7 Å². The van der Waals surface area contributed by atoms with E-state index in [1.807, 2.05) is 38.1 Å². The van der Waals surface area contributed by atoms with E-state index in [4.69, 9.17) is 9.26 Å². The summed E-state index contributed by atoms with van der Waals surface area (Å²) in [4.78, 5) is 12.1. The first-order chi connectivity index (χ1) is 13.6. The molecule has 1 N–H and O–H groups in total. The number of aromatic nitrogens is 1. The molecular weight excluding hydrogens is 352 g/mol. The highest BCUT2D eigenvalue weighted by Gasteiger charge is 2.28. The molecule has 1 aliphatic rings. The van der Waals surface area contributed by atoms with Gasteiger partial charge in [-0.2, -0.15) is 0 Å². The normalized spacial score (nSPS) is 11.9. The molecule has 0 aliphatic heterocycles. The molecule has 5 heteroatoms. The molecule has 1 heterocycles. The van der Waals surface area contributed by atoms with Gasteiger partial charge < -0.3 is 14.6 Å². The quantitative estimate of drug-likeness (QED) is 0.701. The Morgan fingerprint density at radius 2 is 1.75 bits per heavy atom. The summed E-state index contributed by atoms with van der Waals surface area (Å²) < 4.78 is 10.5. The van der Waals surface area contributed by atoms with Crippen molar-refractivity contribution in [2.75, 3.05) is 13.2 Å². The Hall–Kier alpha value is -3.52. The Labute approximate surface area is 163 Å². The van der Waals surface area contributed by atoms with E-state index in [1.54, 1.807) is 0 Å². The summed E-state index contributed by atoms with van der Waals surface area (Å²) in [5.74, 6) is 6.58. The van der Waals surface area contributed by atoms with Crippen molar-refractivity contribution in [3.05, 3.63) is 76.7 Å². The number of carbonyl (C=O) groups excluding carboxylic acids is 1. The molecule has 0 radical (unpaired) electrons. The van der Waals surface area contributed by atoms with Gasteiger partial charge in [0.05, 0.1) is 17.8 Å².